The molecular formula is C16H27N3O3. The van der Waals surface area contributed by atoms with Gasteiger partial charge in [0.05, 0.1) is 25.0 Å². The van der Waals surface area contributed by atoms with Gasteiger partial charge in [-0.15, -0.1) is 0 Å². The van der Waals surface area contributed by atoms with Crippen molar-refractivity contribution in [3.05, 3.63) is 24.2 Å². The average Bonchev–Trinajstić information content (AvgIpc) is 3.03. The van der Waals surface area contributed by atoms with Gasteiger partial charge in [0, 0.05) is 13.7 Å². The highest BCUT2D eigenvalue weighted by Crippen LogP contribution is 2.24. The van der Waals surface area contributed by atoms with Crippen LogP contribution in [0.15, 0.2) is 22.8 Å². The summed E-state index contributed by atoms with van der Waals surface area (Å²) in [5, 5.41) is 5.81. The number of nitrogens with zero attached hydrogens (tertiary/aromatic N) is 1. The van der Waals surface area contributed by atoms with Crippen molar-refractivity contribution >= 4 is 6.03 Å². The fraction of sp³-hybridized carbons (Fsp3) is 0.688. The van der Waals surface area contributed by atoms with E-state index in [9.17, 15) is 4.79 Å². The summed E-state index contributed by atoms with van der Waals surface area (Å²) in [6, 6.07) is 3.79. The van der Waals surface area contributed by atoms with E-state index in [0.717, 1.165) is 18.8 Å². The minimum atomic E-state index is -0.168. The smallest absolute Gasteiger partial charge is 0.315 e. The van der Waals surface area contributed by atoms with E-state index in [-0.39, 0.29) is 18.1 Å². The van der Waals surface area contributed by atoms with E-state index in [1.165, 1.54) is 19.3 Å². The molecule has 0 aromatic carbocycles. The minimum absolute atomic E-state index is 0.0120. The Labute approximate surface area is 132 Å². The van der Waals surface area contributed by atoms with E-state index in [1.54, 1.807) is 13.4 Å². The fourth-order valence-corrected chi connectivity index (χ4v) is 2.88. The lowest BCUT2D eigenvalue weighted by Gasteiger charge is -2.33. The van der Waals surface area contributed by atoms with E-state index < -0.39 is 0 Å². The minimum Gasteiger partial charge on any atom is -0.468 e. The van der Waals surface area contributed by atoms with Crippen molar-refractivity contribution in [2.24, 2.45) is 0 Å². The topological polar surface area (TPSA) is 66.7 Å². The van der Waals surface area contributed by atoms with Crippen LogP contribution in [0.3, 0.4) is 0 Å². The number of rotatable bonds is 7. The van der Waals surface area contributed by atoms with E-state index >= 15 is 0 Å². The molecule has 6 heteroatoms. The van der Waals surface area contributed by atoms with Crippen LogP contribution >= 0.6 is 0 Å². The van der Waals surface area contributed by atoms with Gasteiger partial charge in [-0.05, 0) is 45.0 Å². The highest BCUT2D eigenvalue weighted by molar-refractivity contribution is 5.74. The van der Waals surface area contributed by atoms with Crippen molar-refractivity contribution in [2.45, 2.75) is 38.3 Å². The lowest BCUT2D eigenvalue weighted by Crippen LogP contribution is -2.46. The van der Waals surface area contributed by atoms with Gasteiger partial charge in [0.25, 0.3) is 0 Å². The van der Waals surface area contributed by atoms with Gasteiger partial charge in [0.2, 0.25) is 0 Å². The zero-order valence-electron chi connectivity index (χ0n) is 13.5. The molecule has 2 heterocycles. The normalized spacial score (nSPS) is 18.6. The molecular weight excluding hydrogens is 282 g/mol. The van der Waals surface area contributed by atoms with Crippen LogP contribution in [0.4, 0.5) is 4.79 Å². The number of amides is 2. The van der Waals surface area contributed by atoms with Crippen LogP contribution < -0.4 is 10.6 Å². The van der Waals surface area contributed by atoms with Crippen molar-refractivity contribution in [1.29, 1.82) is 0 Å². The van der Waals surface area contributed by atoms with Crippen LogP contribution in [0.25, 0.3) is 0 Å². The Hall–Kier alpha value is -1.53. The number of nitrogens with one attached hydrogen (secondary N) is 2. The maximum Gasteiger partial charge on any atom is 0.315 e. The van der Waals surface area contributed by atoms with Gasteiger partial charge < -0.3 is 19.8 Å². The predicted octanol–water partition coefficient (Wildman–Crippen LogP) is 2.14. The first-order valence-corrected chi connectivity index (χ1v) is 8.01. The molecule has 2 rings (SSSR count). The van der Waals surface area contributed by atoms with Gasteiger partial charge in [0.1, 0.15) is 5.76 Å². The van der Waals surface area contributed by atoms with Crippen molar-refractivity contribution < 1.29 is 13.9 Å². The molecule has 0 unspecified atom stereocenters. The predicted molar refractivity (Wildman–Crippen MR) is 84.7 cm³/mol. The molecule has 0 radical (unpaired) electrons. The monoisotopic (exact) mass is 309 g/mol. The van der Waals surface area contributed by atoms with Gasteiger partial charge >= 0.3 is 6.03 Å². The van der Waals surface area contributed by atoms with Gasteiger partial charge in [-0.2, -0.15) is 0 Å². The van der Waals surface area contributed by atoms with E-state index in [0.29, 0.717) is 13.2 Å². The third-order valence-corrected chi connectivity index (χ3v) is 3.95. The van der Waals surface area contributed by atoms with Crippen LogP contribution in [0, 0.1) is 0 Å². The second-order valence-corrected chi connectivity index (χ2v) is 5.84. The largest absolute Gasteiger partial charge is 0.468 e. The maximum atomic E-state index is 12.0. The molecule has 22 heavy (non-hydrogen) atoms. The molecule has 1 fully saturated rings. The Morgan fingerprint density at radius 3 is 2.82 bits per heavy atom. The zero-order chi connectivity index (χ0) is 15.8. The molecule has 1 aromatic heterocycles. The third-order valence-electron chi connectivity index (χ3n) is 3.95. The van der Waals surface area contributed by atoms with E-state index in [1.807, 2.05) is 19.1 Å². The number of likely N-dealkylation sites (tertiary alicyclic amines) is 1. The van der Waals surface area contributed by atoms with Crippen LogP contribution in [0.5, 0.6) is 0 Å². The fourth-order valence-electron chi connectivity index (χ4n) is 2.88. The summed E-state index contributed by atoms with van der Waals surface area (Å²) in [5.41, 5.74) is 0. The Bertz CT molecular complexity index is 430. The number of carbonyl (C=O) groups excluding carboxylic acids is 1. The lowest BCUT2D eigenvalue weighted by atomic mass is 10.1. The summed E-state index contributed by atoms with van der Waals surface area (Å²) >= 11 is 0. The summed E-state index contributed by atoms with van der Waals surface area (Å²) in [6.45, 7) is 5.06. The first kappa shape index (κ1) is 16.8. The number of carbonyl (C=O) groups is 1. The number of furan rings is 1. The first-order valence-electron chi connectivity index (χ1n) is 8.01. The molecule has 0 aliphatic carbocycles. The SMILES string of the molecule is COC[C@H](C)NC(=O)NC[C@@H](c1ccco1)N1CCCCC1. The van der Waals surface area contributed by atoms with Gasteiger partial charge in [-0.1, -0.05) is 6.42 Å². The lowest BCUT2D eigenvalue weighted by molar-refractivity contribution is 0.142. The molecule has 1 aliphatic heterocycles. The van der Waals surface area contributed by atoms with Crippen molar-refractivity contribution in [2.75, 3.05) is 33.4 Å². The second-order valence-electron chi connectivity index (χ2n) is 5.84. The standard InChI is InChI=1S/C16H27N3O3/c1-13(12-21-2)18-16(20)17-11-14(15-7-6-10-22-15)19-8-4-3-5-9-19/h6-7,10,13-14H,3-5,8-9,11-12H2,1-2H3,(H2,17,18,20)/t13-,14-/m0/s1. The number of piperidine rings is 1. The number of methoxy groups -OCH3 is 1. The first-order chi connectivity index (χ1) is 10.7. The Morgan fingerprint density at radius 2 is 2.18 bits per heavy atom. The molecule has 1 aromatic rings. The molecule has 0 saturated carbocycles. The summed E-state index contributed by atoms with van der Waals surface area (Å²) in [5.74, 6) is 0.909. The molecule has 1 aliphatic rings. The van der Waals surface area contributed by atoms with Gasteiger partial charge in [-0.3, -0.25) is 4.90 Å². The van der Waals surface area contributed by atoms with E-state index in [2.05, 4.69) is 15.5 Å². The Kier molecular flexibility index (Phi) is 6.74. The molecule has 6 nitrogen and oxygen atoms in total. The molecule has 2 amide bonds. The summed E-state index contributed by atoms with van der Waals surface area (Å²) in [4.78, 5) is 14.3. The number of ether oxygens (including phenoxy) is 1. The maximum absolute atomic E-state index is 12.0. The number of hydrogen-bond acceptors (Lipinski definition) is 4. The molecule has 124 valence electrons. The van der Waals surface area contributed by atoms with Gasteiger partial charge in [0.15, 0.2) is 0 Å². The molecule has 2 N–H and O–H groups in total. The average molecular weight is 309 g/mol. The van der Waals surface area contributed by atoms with Crippen LogP contribution in [-0.2, 0) is 4.74 Å². The second kappa shape index (κ2) is 8.80. The summed E-state index contributed by atoms with van der Waals surface area (Å²) < 4.78 is 10.6. The third kappa shape index (κ3) is 5.03. The van der Waals surface area contributed by atoms with Crippen LogP contribution in [0.1, 0.15) is 38.0 Å². The van der Waals surface area contributed by atoms with Crippen LogP contribution in [0.2, 0.25) is 0 Å². The highest BCUT2D eigenvalue weighted by atomic mass is 16.5. The number of hydrogen-bond donors (Lipinski definition) is 2. The summed E-state index contributed by atoms with van der Waals surface area (Å²) in [7, 11) is 1.62. The van der Waals surface area contributed by atoms with Gasteiger partial charge in [-0.25, -0.2) is 4.79 Å². The van der Waals surface area contributed by atoms with Crippen molar-refractivity contribution in [3.63, 3.8) is 0 Å². The molecule has 1 saturated heterocycles. The quantitative estimate of drug-likeness (QED) is 0.810. The van der Waals surface area contributed by atoms with Crippen molar-refractivity contribution in [1.82, 2.24) is 15.5 Å². The zero-order valence-corrected chi connectivity index (χ0v) is 13.5. The molecule has 0 spiro atoms. The molecule has 2 atom stereocenters. The molecule has 0 bridgehead atoms. The van der Waals surface area contributed by atoms with Crippen LogP contribution in [-0.4, -0.2) is 50.3 Å². The Morgan fingerprint density at radius 1 is 1.41 bits per heavy atom. The van der Waals surface area contributed by atoms with Crippen molar-refractivity contribution in [3.8, 4) is 0 Å². The highest BCUT2D eigenvalue weighted by Gasteiger charge is 2.24. The summed E-state index contributed by atoms with van der Waals surface area (Å²) in [6.07, 6.45) is 5.37. The van der Waals surface area contributed by atoms with E-state index in [4.69, 9.17) is 9.15 Å². The Balaban J connectivity index is 1.88. The number of urea groups is 1.